The van der Waals surface area contributed by atoms with Crippen LogP contribution in [0.15, 0.2) is 16.5 Å². The number of piperidine rings is 1. The van der Waals surface area contributed by atoms with Crippen molar-refractivity contribution in [3.05, 3.63) is 23.7 Å². The van der Waals surface area contributed by atoms with E-state index in [-0.39, 0.29) is 0 Å². The van der Waals surface area contributed by atoms with Gasteiger partial charge in [-0.3, -0.25) is 9.69 Å². The minimum absolute atomic E-state index is 0.335. The van der Waals surface area contributed by atoms with Gasteiger partial charge in [-0.15, -0.1) is 0 Å². The summed E-state index contributed by atoms with van der Waals surface area (Å²) < 4.78 is 5.82. The lowest BCUT2D eigenvalue weighted by Gasteiger charge is -2.38. The molecule has 0 spiro atoms. The van der Waals surface area contributed by atoms with Gasteiger partial charge in [0.1, 0.15) is 11.5 Å². The third-order valence-corrected chi connectivity index (χ3v) is 4.85. The number of nitrogens with zero attached hydrogens (tertiary/aromatic N) is 1. The van der Waals surface area contributed by atoms with Gasteiger partial charge in [0, 0.05) is 24.9 Å². The maximum Gasteiger partial charge on any atom is 0.303 e. The van der Waals surface area contributed by atoms with Crippen LogP contribution in [0.25, 0.3) is 0 Å². The van der Waals surface area contributed by atoms with Crippen LogP contribution in [0.3, 0.4) is 0 Å². The molecule has 0 saturated carbocycles. The quantitative estimate of drug-likeness (QED) is 0.898. The third-order valence-electron chi connectivity index (χ3n) is 4.85. The first-order valence-corrected chi connectivity index (χ1v) is 7.70. The van der Waals surface area contributed by atoms with Crippen molar-refractivity contribution in [1.29, 1.82) is 0 Å². The number of hydrogen-bond donors (Lipinski definition) is 1. The summed E-state index contributed by atoms with van der Waals surface area (Å²) >= 11 is 0. The lowest BCUT2D eigenvalue weighted by atomic mass is 9.88. The number of rotatable bonds is 5. The minimum Gasteiger partial charge on any atom is -0.481 e. The van der Waals surface area contributed by atoms with Crippen LogP contribution in [0.4, 0.5) is 0 Å². The molecular weight excluding hydrogens is 254 g/mol. The Labute approximate surface area is 119 Å². The lowest BCUT2D eigenvalue weighted by Crippen LogP contribution is -2.42. The van der Waals surface area contributed by atoms with E-state index in [1.807, 2.05) is 0 Å². The third kappa shape index (κ3) is 2.75. The highest BCUT2D eigenvalue weighted by molar-refractivity contribution is 5.67. The van der Waals surface area contributed by atoms with E-state index in [0.717, 1.165) is 37.3 Å². The van der Waals surface area contributed by atoms with Crippen molar-refractivity contribution in [2.45, 2.75) is 64.1 Å². The second kappa shape index (κ2) is 5.60. The molecule has 20 heavy (non-hydrogen) atoms. The minimum atomic E-state index is -0.651. The molecule has 0 aromatic carbocycles. The van der Waals surface area contributed by atoms with Crippen molar-refractivity contribution in [2.24, 2.45) is 5.92 Å². The van der Waals surface area contributed by atoms with Crippen LogP contribution in [-0.2, 0) is 17.8 Å². The van der Waals surface area contributed by atoms with Gasteiger partial charge < -0.3 is 9.52 Å². The monoisotopic (exact) mass is 277 g/mol. The van der Waals surface area contributed by atoms with Crippen LogP contribution < -0.4 is 0 Å². The Bertz CT molecular complexity index is 468. The lowest BCUT2D eigenvalue weighted by molar-refractivity contribution is -0.138. The summed E-state index contributed by atoms with van der Waals surface area (Å²) in [4.78, 5) is 13.4. The van der Waals surface area contributed by atoms with Gasteiger partial charge in [0.15, 0.2) is 0 Å². The summed E-state index contributed by atoms with van der Waals surface area (Å²) in [5.41, 5.74) is 0. The molecule has 2 bridgehead atoms. The van der Waals surface area contributed by atoms with Gasteiger partial charge in [0.05, 0.1) is 6.54 Å². The van der Waals surface area contributed by atoms with Gasteiger partial charge in [-0.25, -0.2) is 0 Å². The second-order valence-electron chi connectivity index (χ2n) is 6.21. The van der Waals surface area contributed by atoms with Gasteiger partial charge in [-0.2, -0.15) is 0 Å². The molecule has 110 valence electrons. The molecule has 1 N–H and O–H groups in total. The van der Waals surface area contributed by atoms with Crippen LogP contribution in [-0.4, -0.2) is 28.1 Å². The van der Waals surface area contributed by atoms with Crippen LogP contribution in [0.1, 0.15) is 50.5 Å². The predicted molar refractivity (Wildman–Crippen MR) is 75.4 cm³/mol. The Morgan fingerprint density at radius 2 is 1.95 bits per heavy atom. The zero-order valence-electron chi connectivity index (χ0n) is 12.0. The normalized spacial score (nSPS) is 29.8. The Morgan fingerprint density at radius 1 is 1.30 bits per heavy atom. The van der Waals surface area contributed by atoms with Gasteiger partial charge in [0.2, 0.25) is 0 Å². The van der Waals surface area contributed by atoms with E-state index in [2.05, 4.69) is 24.0 Å². The molecule has 0 radical (unpaired) electrons. The van der Waals surface area contributed by atoms with E-state index < -0.39 is 5.97 Å². The van der Waals surface area contributed by atoms with E-state index in [1.165, 1.54) is 12.8 Å². The maximum atomic E-state index is 10.9. The molecule has 3 rings (SSSR count). The number of carboxylic acid groups (broad SMARTS) is 1. The van der Waals surface area contributed by atoms with Gasteiger partial charge in [0.25, 0.3) is 0 Å². The van der Waals surface area contributed by atoms with Crippen LogP contribution in [0.5, 0.6) is 0 Å². The van der Waals surface area contributed by atoms with Gasteiger partial charge in [-0.05, 0) is 43.7 Å². The topological polar surface area (TPSA) is 53.7 Å². The Balaban J connectivity index is 1.63. The number of fused-ring (bicyclic) bond motifs is 2. The first-order valence-electron chi connectivity index (χ1n) is 7.70. The first-order chi connectivity index (χ1) is 9.65. The number of carboxylic acids is 1. The summed E-state index contributed by atoms with van der Waals surface area (Å²) in [6.45, 7) is 2.98. The van der Waals surface area contributed by atoms with Gasteiger partial charge in [-0.1, -0.05) is 6.92 Å². The van der Waals surface area contributed by atoms with E-state index in [9.17, 15) is 4.79 Å². The average Bonchev–Trinajstić information content (AvgIpc) is 2.93. The van der Waals surface area contributed by atoms with Crippen molar-refractivity contribution >= 4 is 5.97 Å². The second-order valence-corrected chi connectivity index (χ2v) is 6.21. The van der Waals surface area contributed by atoms with Crippen molar-refractivity contribution < 1.29 is 14.3 Å². The molecule has 0 aliphatic carbocycles. The van der Waals surface area contributed by atoms with Crippen molar-refractivity contribution in [1.82, 2.24) is 4.90 Å². The highest BCUT2D eigenvalue weighted by Crippen LogP contribution is 2.40. The molecule has 2 unspecified atom stereocenters. The molecule has 0 amide bonds. The van der Waals surface area contributed by atoms with E-state index in [0.29, 0.717) is 24.4 Å². The highest BCUT2D eigenvalue weighted by atomic mass is 16.4. The number of hydrogen-bond acceptors (Lipinski definition) is 3. The molecule has 2 atom stereocenters. The molecule has 4 nitrogen and oxygen atoms in total. The van der Waals surface area contributed by atoms with Crippen molar-refractivity contribution in [3.8, 4) is 0 Å². The standard InChI is InChI=1S/C16H23NO3/c1-2-14-5-6-15(20-14)10-17-12-3-4-13(17)8-11(7-12)9-16(18)19/h5-6,11-13H,2-4,7-10H2,1H3,(H,18,19). The Hall–Kier alpha value is -1.29. The molecule has 2 saturated heterocycles. The number of aryl methyl sites for hydroxylation is 1. The summed E-state index contributed by atoms with van der Waals surface area (Å²) in [7, 11) is 0. The predicted octanol–water partition coefficient (Wildman–Crippen LogP) is 3.06. The zero-order chi connectivity index (χ0) is 14.1. The molecule has 2 fully saturated rings. The zero-order valence-corrected chi connectivity index (χ0v) is 12.0. The van der Waals surface area contributed by atoms with Crippen molar-refractivity contribution in [3.63, 3.8) is 0 Å². The fourth-order valence-electron chi connectivity index (χ4n) is 3.94. The molecule has 2 aliphatic rings. The Kier molecular flexibility index (Phi) is 3.83. The van der Waals surface area contributed by atoms with Crippen molar-refractivity contribution in [2.75, 3.05) is 0 Å². The van der Waals surface area contributed by atoms with Crippen LogP contribution >= 0.6 is 0 Å². The molecule has 1 aromatic heterocycles. The molecule has 4 heteroatoms. The van der Waals surface area contributed by atoms with E-state index in [1.54, 1.807) is 0 Å². The average molecular weight is 277 g/mol. The fraction of sp³-hybridized carbons (Fsp3) is 0.688. The summed E-state index contributed by atoms with van der Waals surface area (Å²) in [5.74, 6) is 1.81. The maximum absolute atomic E-state index is 10.9. The largest absolute Gasteiger partial charge is 0.481 e. The van der Waals surface area contributed by atoms with E-state index >= 15 is 0 Å². The van der Waals surface area contributed by atoms with Gasteiger partial charge >= 0.3 is 5.97 Å². The number of aliphatic carboxylic acids is 1. The highest BCUT2D eigenvalue weighted by Gasteiger charge is 2.41. The SMILES string of the molecule is CCc1ccc(CN2C3CCC2CC(CC(=O)O)C3)o1. The fourth-order valence-corrected chi connectivity index (χ4v) is 3.94. The van der Waals surface area contributed by atoms with Crippen LogP contribution in [0, 0.1) is 5.92 Å². The molecule has 2 aliphatic heterocycles. The number of furan rings is 1. The van der Waals surface area contributed by atoms with E-state index in [4.69, 9.17) is 9.52 Å². The molecule has 3 heterocycles. The summed E-state index contributed by atoms with van der Waals surface area (Å²) in [6, 6.07) is 5.25. The molecule has 1 aromatic rings. The number of carbonyl (C=O) groups is 1. The summed E-state index contributed by atoms with van der Waals surface area (Å²) in [6.07, 6.45) is 5.76. The summed E-state index contributed by atoms with van der Waals surface area (Å²) in [5, 5.41) is 8.96. The van der Waals surface area contributed by atoms with Crippen LogP contribution in [0.2, 0.25) is 0 Å². The Morgan fingerprint density at radius 3 is 2.50 bits per heavy atom. The smallest absolute Gasteiger partial charge is 0.303 e. The first kappa shape index (κ1) is 13.7. The molecular formula is C16H23NO3.